The number of carbonyl (C=O) groups is 2. The molecule has 0 aliphatic heterocycles. The van der Waals surface area contributed by atoms with Crippen molar-refractivity contribution in [2.75, 3.05) is 5.32 Å². The van der Waals surface area contributed by atoms with Crippen LogP contribution in [0.3, 0.4) is 0 Å². The van der Waals surface area contributed by atoms with Gasteiger partial charge in [0.05, 0.1) is 11.5 Å². The number of hydrogen-bond donors (Lipinski definition) is 1. The van der Waals surface area contributed by atoms with Gasteiger partial charge in [0.1, 0.15) is 6.61 Å². The number of pyridine rings is 1. The minimum Gasteiger partial charge on any atom is -0.457 e. The fourth-order valence-corrected chi connectivity index (χ4v) is 3.62. The topological polar surface area (TPSA) is 68.3 Å². The highest BCUT2D eigenvalue weighted by molar-refractivity contribution is 5.98. The number of anilines is 1. The first-order valence-corrected chi connectivity index (χ1v) is 10.6. The van der Waals surface area contributed by atoms with E-state index in [1.54, 1.807) is 36.7 Å². The monoisotopic (exact) mass is 424 g/mol. The molecule has 5 nitrogen and oxygen atoms in total. The molecule has 0 saturated carbocycles. The molecule has 32 heavy (non-hydrogen) atoms. The summed E-state index contributed by atoms with van der Waals surface area (Å²) < 4.78 is 5.38. The Hall–Kier alpha value is -3.99. The van der Waals surface area contributed by atoms with Crippen LogP contribution in [-0.2, 0) is 16.1 Å². The quantitative estimate of drug-likeness (QED) is 0.385. The molecule has 160 valence electrons. The zero-order valence-electron chi connectivity index (χ0n) is 17.8. The van der Waals surface area contributed by atoms with E-state index in [1.165, 1.54) is 0 Å². The van der Waals surface area contributed by atoms with E-state index in [0.29, 0.717) is 12.0 Å². The third-order valence-corrected chi connectivity index (χ3v) is 5.39. The average molecular weight is 425 g/mol. The number of nitrogens with zero attached hydrogens (tertiary/aromatic N) is 1. The number of fused-ring (bicyclic) bond motifs is 1. The molecule has 0 radical (unpaired) electrons. The van der Waals surface area contributed by atoms with Gasteiger partial charge in [-0.25, -0.2) is 4.79 Å². The van der Waals surface area contributed by atoms with Gasteiger partial charge in [-0.15, -0.1) is 0 Å². The highest BCUT2D eigenvalue weighted by atomic mass is 16.5. The maximum atomic E-state index is 12.9. The SMILES string of the molecule is CC[C@@H](C(=O)Nc1ccc2cnccc2c1)c1ccc(COC(=O)c2ccccc2)cc1. The van der Waals surface area contributed by atoms with Crippen molar-refractivity contribution in [3.63, 3.8) is 0 Å². The molecule has 1 atom stereocenters. The van der Waals surface area contributed by atoms with E-state index in [2.05, 4.69) is 10.3 Å². The fourth-order valence-electron chi connectivity index (χ4n) is 3.62. The Kier molecular flexibility index (Phi) is 6.56. The Labute approximate surface area is 187 Å². The summed E-state index contributed by atoms with van der Waals surface area (Å²) in [5, 5.41) is 5.08. The second-order valence-electron chi connectivity index (χ2n) is 7.57. The smallest absolute Gasteiger partial charge is 0.338 e. The molecule has 1 aromatic heterocycles. The molecule has 4 rings (SSSR count). The first-order valence-electron chi connectivity index (χ1n) is 10.6. The Morgan fingerprint density at radius 1 is 0.938 bits per heavy atom. The van der Waals surface area contributed by atoms with E-state index >= 15 is 0 Å². The lowest BCUT2D eigenvalue weighted by molar-refractivity contribution is -0.117. The largest absolute Gasteiger partial charge is 0.457 e. The van der Waals surface area contributed by atoms with Gasteiger partial charge in [-0.05, 0) is 53.3 Å². The summed E-state index contributed by atoms with van der Waals surface area (Å²) in [5.41, 5.74) is 3.08. The zero-order chi connectivity index (χ0) is 22.3. The van der Waals surface area contributed by atoms with Crippen molar-refractivity contribution >= 4 is 28.3 Å². The van der Waals surface area contributed by atoms with Gasteiger partial charge in [0.2, 0.25) is 5.91 Å². The van der Waals surface area contributed by atoms with Gasteiger partial charge in [-0.3, -0.25) is 9.78 Å². The normalized spacial score (nSPS) is 11.7. The van der Waals surface area contributed by atoms with Gasteiger partial charge in [-0.1, -0.05) is 55.5 Å². The van der Waals surface area contributed by atoms with Crippen LogP contribution in [0.2, 0.25) is 0 Å². The molecule has 0 bridgehead atoms. The summed E-state index contributed by atoms with van der Waals surface area (Å²) in [6.07, 6.45) is 4.21. The van der Waals surface area contributed by atoms with Crippen molar-refractivity contribution in [3.05, 3.63) is 108 Å². The van der Waals surface area contributed by atoms with E-state index in [9.17, 15) is 9.59 Å². The zero-order valence-corrected chi connectivity index (χ0v) is 17.8. The summed E-state index contributed by atoms with van der Waals surface area (Å²) in [4.78, 5) is 29.2. The van der Waals surface area contributed by atoms with Crippen LogP contribution in [0, 0.1) is 0 Å². The lowest BCUT2D eigenvalue weighted by Gasteiger charge is -2.16. The first kappa shape index (κ1) is 21.2. The second-order valence-corrected chi connectivity index (χ2v) is 7.57. The van der Waals surface area contributed by atoms with Crippen molar-refractivity contribution in [2.45, 2.75) is 25.9 Å². The van der Waals surface area contributed by atoms with Crippen LogP contribution >= 0.6 is 0 Å². The van der Waals surface area contributed by atoms with E-state index < -0.39 is 0 Å². The Balaban J connectivity index is 1.39. The van der Waals surface area contributed by atoms with Gasteiger partial charge >= 0.3 is 5.97 Å². The molecule has 5 heteroatoms. The van der Waals surface area contributed by atoms with Crippen molar-refractivity contribution in [2.24, 2.45) is 0 Å². The number of aromatic nitrogens is 1. The van der Waals surface area contributed by atoms with Crippen molar-refractivity contribution in [3.8, 4) is 0 Å². The Morgan fingerprint density at radius 3 is 2.47 bits per heavy atom. The van der Waals surface area contributed by atoms with Crippen molar-refractivity contribution in [1.29, 1.82) is 0 Å². The number of amides is 1. The van der Waals surface area contributed by atoms with Crippen LogP contribution in [0.25, 0.3) is 10.8 Å². The number of ether oxygens (including phenoxy) is 1. The summed E-state index contributed by atoms with van der Waals surface area (Å²) in [5.74, 6) is -0.681. The Bertz CT molecular complexity index is 1220. The molecule has 1 amide bonds. The predicted molar refractivity (Wildman–Crippen MR) is 125 cm³/mol. The summed E-state index contributed by atoms with van der Waals surface area (Å²) in [7, 11) is 0. The molecule has 1 heterocycles. The molecule has 1 N–H and O–H groups in total. The number of hydrogen-bond acceptors (Lipinski definition) is 4. The molecular formula is C27H24N2O3. The highest BCUT2D eigenvalue weighted by Gasteiger charge is 2.19. The van der Waals surface area contributed by atoms with E-state index in [0.717, 1.165) is 27.6 Å². The summed E-state index contributed by atoms with van der Waals surface area (Å²) >= 11 is 0. The molecule has 3 aromatic carbocycles. The third-order valence-electron chi connectivity index (χ3n) is 5.39. The summed E-state index contributed by atoms with van der Waals surface area (Å²) in [6, 6.07) is 24.3. The molecule has 0 aliphatic carbocycles. The number of carbonyl (C=O) groups excluding carboxylic acids is 2. The standard InChI is InChI=1S/C27H24N2O3/c1-2-25(26(30)29-24-13-12-23-17-28-15-14-22(23)16-24)20-10-8-19(9-11-20)18-32-27(31)21-6-4-3-5-7-21/h3-17,25H,2,18H2,1H3,(H,29,30)/t25-/m1/s1. The van der Waals surface area contributed by atoms with Crippen LogP contribution in [-0.4, -0.2) is 16.9 Å². The van der Waals surface area contributed by atoms with Crippen LogP contribution < -0.4 is 5.32 Å². The number of benzene rings is 3. The molecule has 0 saturated heterocycles. The van der Waals surface area contributed by atoms with E-state index in [-0.39, 0.29) is 24.4 Å². The Morgan fingerprint density at radius 2 is 1.72 bits per heavy atom. The van der Waals surface area contributed by atoms with Gasteiger partial charge in [-0.2, -0.15) is 0 Å². The van der Waals surface area contributed by atoms with Gasteiger partial charge in [0.25, 0.3) is 0 Å². The lowest BCUT2D eigenvalue weighted by atomic mass is 9.94. The summed E-state index contributed by atoms with van der Waals surface area (Å²) in [6.45, 7) is 2.18. The molecule has 0 spiro atoms. The van der Waals surface area contributed by atoms with Gasteiger partial charge in [0, 0.05) is 23.5 Å². The van der Waals surface area contributed by atoms with E-state index in [4.69, 9.17) is 4.74 Å². The fraction of sp³-hybridized carbons (Fsp3) is 0.148. The second kappa shape index (κ2) is 9.88. The first-order chi connectivity index (χ1) is 15.6. The van der Waals surface area contributed by atoms with Crippen molar-refractivity contribution in [1.82, 2.24) is 4.98 Å². The van der Waals surface area contributed by atoms with Crippen molar-refractivity contribution < 1.29 is 14.3 Å². The maximum Gasteiger partial charge on any atom is 0.338 e. The maximum absolute atomic E-state index is 12.9. The van der Waals surface area contributed by atoms with Crippen LogP contribution in [0.1, 0.15) is 40.7 Å². The van der Waals surface area contributed by atoms with Gasteiger partial charge in [0.15, 0.2) is 0 Å². The molecule has 4 aromatic rings. The van der Waals surface area contributed by atoms with Crippen LogP contribution in [0.5, 0.6) is 0 Å². The van der Waals surface area contributed by atoms with Crippen LogP contribution in [0.15, 0.2) is 91.3 Å². The molecular weight excluding hydrogens is 400 g/mol. The molecule has 0 aliphatic rings. The highest BCUT2D eigenvalue weighted by Crippen LogP contribution is 2.24. The number of nitrogens with one attached hydrogen (secondary N) is 1. The number of rotatable bonds is 7. The number of esters is 1. The minimum absolute atomic E-state index is 0.0517. The molecule has 0 fully saturated rings. The third kappa shape index (κ3) is 5.01. The van der Waals surface area contributed by atoms with Gasteiger partial charge < -0.3 is 10.1 Å². The van der Waals surface area contributed by atoms with E-state index in [1.807, 2.05) is 61.5 Å². The predicted octanol–water partition coefficient (Wildman–Crippen LogP) is 5.72. The van der Waals surface area contributed by atoms with Crippen LogP contribution in [0.4, 0.5) is 5.69 Å². The lowest BCUT2D eigenvalue weighted by Crippen LogP contribution is -2.20. The minimum atomic E-state index is -0.355. The molecule has 0 unspecified atom stereocenters. The average Bonchev–Trinajstić information content (AvgIpc) is 2.84.